The lowest BCUT2D eigenvalue weighted by atomic mass is 10.1. The summed E-state index contributed by atoms with van der Waals surface area (Å²) in [5, 5.41) is 8.19. The van der Waals surface area contributed by atoms with Crippen molar-refractivity contribution < 1.29 is 0 Å². The molecule has 0 N–H and O–H groups in total. The van der Waals surface area contributed by atoms with Crippen molar-refractivity contribution >= 4 is 5.65 Å². The standard InChI is InChI=1S/C16H18N4O/c1-10(2)14-17-18-15-16(21)19(7-8-20(14)15)13-9-11(3)5-6-12(13)4/h5-10H,1-4H3. The zero-order valence-electron chi connectivity index (χ0n) is 12.7. The Kier molecular flexibility index (Phi) is 3.12. The summed E-state index contributed by atoms with van der Waals surface area (Å²) in [6.45, 7) is 8.08. The van der Waals surface area contributed by atoms with E-state index in [0.717, 1.165) is 22.6 Å². The van der Waals surface area contributed by atoms with Gasteiger partial charge in [-0.05, 0) is 31.0 Å². The largest absolute Gasteiger partial charge is 0.300 e. The average molecular weight is 282 g/mol. The van der Waals surface area contributed by atoms with Gasteiger partial charge in [0.1, 0.15) is 5.82 Å². The summed E-state index contributed by atoms with van der Waals surface area (Å²) < 4.78 is 3.41. The predicted molar refractivity (Wildman–Crippen MR) is 82.1 cm³/mol. The fourth-order valence-corrected chi connectivity index (χ4v) is 2.47. The third-order valence-corrected chi connectivity index (χ3v) is 3.64. The van der Waals surface area contributed by atoms with Crippen molar-refractivity contribution in [3.05, 3.63) is 57.9 Å². The van der Waals surface area contributed by atoms with Crippen LogP contribution in [0.5, 0.6) is 0 Å². The van der Waals surface area contributed by atoms with Gasteiger partial charge in [0, 0.05) is 18.3 Å². The number of fused-ring (bicyclic) bond motifs is 1. The number of hydrogen-bond donors (Lipinski definition) is 0. The SMILES string of the molecule is Cc1ccc(C)c(-n2ccn3c(C(C)C)nnc3c2=O)c1. The molecule has 0 bridgehead atoms. The molecule has 108 valence electrons. The van der Waals surface area contributed by atoms with Gasteiger partial charge in [0.25, 0.3) is 0 Å². The molecule has 0 aliphatic rings. The first kappa shape index (κ1) is 13.5. The van der Waals surface area contributed by atoms with Crippen molar-refractivity contribution in [1.29, 1.82) is 0 Å². The molecule has 0 atom stereocenters. The lowest BCUT2D eigenvalue weighted by Crippen LogP contribution is -2.21. The van der Waals surface area contributed by atoms with Crippen molar-refractivity contribution in [1.82, 2.24) is 19.2 Å². The van der Waals surface area contributed by atoms with Gasteiger partial charge >= 0.3 is 5.56 Å². The molecule has 0 fully saturated rings. The number of benzene rings is 1. The average Bonchev–Trinajstić information content (AvgIpc) is 2.87. The molecule has 0 saturated carbocycles. The Bertz CT molecular complexity index is 874. The van der Waals surface area contributed by atoms with E-state index < -0.39 is 0 Å². The fourth-order valence-electron chi connectivity index (χ4n) is 2.47. The molecule has 5 nitrogen and oxygen atoms in total. The van der Waals surface area contributed by atoms with Crippen molar-refractivity contribution in [3.63, 3.8) is 0 Å². The molecule has 0 amide bonds. The summed E-state index contributed by atoms with van der Waals surface area (Å²) in [4.78, 5) is 12.7. The van der Waals surface area contributed by atoms with E-state index in [2.05, 4.69) is 10.2 Å². The molecular formula is C16H18N4O. The fraction of sp³-hybridized carbons (Fsp3) is 0.312. The van der Waals surface area contributed by atoms with Crippen LogP contribution in [0.25, 0.3) is 11.3 Å². The number of aryl methyl sites for hydroxylation is 2. The molecule has 0 unspecified atom stereocenters. The van der Waals surface area contributed by atoms with E-state index in [1.807, 2.05) is 52.1 Å². The van der Waals surface area contributed by atoms with Crippen LogP contribution in [0.1, 0.15) is 36.7 Å². The summed E-state index contributed by atoms with van der Waals surface area (Å²) in [5.41, 5.74) is 3.27. The van der Waals surface area contributed by atoms with Crippen LogP contribution >= 0.6 is 0 Å². The van der Waals surface area contributed by atoms with Gasteiger partial charge in [-0.15, -0.1) is 10.2 Å². The highest BCUT2D eigenvalue weighted by molar-refractivity contribution is 5.46. The summed E-state index contributed by atoms with van der Waals surface area (Å²) in [6, 6.07) is 6.06. The molecule has 2 aromatic heterocycles. The first-order valence-corrected chi connectivity index (χ1v) is 7.03. The molecule has 0 aliphatic heterocycles. The maximum atomic E-state index is 12.7. The Morgan fingerprint density at radius 2 is 1.86 bits per heavy atom. The number of aromatic nitrogens is 4. The zero-order valence-corrected chi connectivity index (χ0v) is 12.7. The van der Waals surface area contributed by atoms with Crippen LogP contribution in [-0.4, -0.2) is 19.2 Å². The highest BCUT2D eigenvalue weighted by Gasteiger charge is 2.14. The maximum Gasteiger partial charge on any atom is 0.300 e. The molecule has 0 spiro atoms. The second-order valence-corrected chi connectivity index (χ2v) is 5.67. The van der Waals surface area contributed by atoms with Gasteiger partial charge in [0.2, 0.25) is 5.65 Å². The highest BCUT2D eigenvalue weighted by atomic mass is 16.1. The molecule has 5 heteroatoms. The maximum absolute atomic E-state index is 12.7. The molecule has 3 rings (SSSR count). The second kappa shape index (κ2) is 4.84. The van der Waals surface area contributed by atoms with Crippen molar-refractivity contribution in [2.24, 2.45) is 0 Å². The van der Waals surface area contributed by atoms with Crippen LogP contribution in [0.4, 0.5) is 0 Å². The number of rotatable bonds is 2. The number of hydrogen-bond acceptors (Lipinski definition) is 3. The molecule has 0 radical (unpaired) electrons. The van der Waals surface area contributed by atoms with Crippen LogP contribution in [0.3, 0.4) is 0 Å². The van der Waals surface area contributed by atoms with Gasteiger partial charge in [0.05, 0.1) is 5.69 Å². The first-order chi connectivity index (χ1) is 9.99. The Hall–Kier alpha value is -2.43. The molecule has 2 heterocycles. The van der Waals surface area contributed by atoms with Gasteiger partial charge < -0.3 is 0 Å². The number of nitrogens with zero attached hydrogens (tertiary/aromatic N) is 4. The molecule has 1 aromatic carbocycles. The van der Waals surface area contributed by atoms with Crippen LogP contribution in [0.15, 0.2) is 35.4 Å². The van der Waals surface area contributed by atoms with E-state index >= 15 is 0 Å². The van der Waals surface area contributed by atoms with E-state index in [1.54, 1.807) is 15.2 Å². The molecule has 3 aromatic rings. The van der Waals surface area contributed by atoms with Gasteiger partial charge in [-0.25, -0.2) is 0 Å². The van der Waals surface area contributed by atoms with Crippen molar-refractivity contribution in [3.8, 4) is 5.69 Å². The van der Waals surface area contributed by atoms with Crippen LogP contribution < -0.4 is 5.56 Å². The van der Waals surface area contributed by atoms with E-state index in [4.69, 9.17) is 0 Å². The highest BCUT2D eigenvalue weighted by Crippen LogP contribution is 2.16. The molecule has 0 aliphatic carbocycles. The summed E-state index contributed by atoms with van der Waals surface area (Å²) in [6.07, 6.45) is 3.64. The second-order valence-electron chi connectivity index (χ2n) is 5.67. The van der Waals surface area contributed by atoms with Crippen LogP contribution in [0.2, 0.25) is 0 Å². The molecule has 0 saturated heterocycles. The van der Waals surface area contributed by atoms with Crippen LogP contribution in [0, 0.1) is 13.8 Å². The Morgan fingerprint density at radius 3 is 2.57 bits per heavy atom. The van der Waals surface area contributed by atoms with Gasteiger partial charge in [-0.3, -0.25) is 13.8 Å². The van der Waals surface area contributed by atoms with Gasteiger partial charge in [0.15, 0.2) is 0 Å². The Morgan fingerprint density at radius 1 is 1.10 bits per heavy atom. The molecule has 21 heavy (non-hydrogen) atoms. The van der Waals surface area contributed by atoms with Crippen molar-refractivity contribution in [2.45, 2.75) is 33.6 Å². The van der Waals surface area contributed by atoms with E-state index in [0.29, 0.717) is 5.65 Å². The van der Waals surface area contributed by atoms with E-state index in [1.165, 1.54) is 0 Å². The van der Waals surface area contributed by atoms with Gasteiger partial charge in [-0.1, -0.05) is 26.0 Å². The third kappa shape index (κ3) is 2.14. The Labute approximate surface area is 122 Å². The Balaban J connectivity index is 2.28. The smallest absolute Gasteiger partial charge is 0.280 e. The van der Waals surface area contributed by atoms with Crippen LogP contribution in [-0.2, 0) is 0 Å². The summed E-state index contributed by atoms with van der Waals surface area (Å²) in [7, 11) is 0. The summed E-state index contributed by atoms with van der Waals surface area (Å²) >= 11 is 0. The quantitative estimate of drug-likeness (QED) is 0.726. The minimum absolute atomic E-state index is 0.148. The predicted octanol–water partition coefficient (Wildman–Crippen LogP) is 2.62. The van der Waals surface area contributed by atoms with E-state index in [9.17, 15) is 4.79 Å². The lowest BCUT2D eigenvalue weighted by molar-refractivity contribution is 0.755. The van der Waals surface area contributed by atoms with Gasteiger partial charge in [-0.2, -0.15) is 0 Å². The van der Waals surface area contributed by atoms with E-state index in [-0.39, 0.29) is 11.5 Å². The third-order valence-electron chi connectivity index (χ3n) is 3.64. The topological polar surface area (TPSA) is 52.2 Å². The van der Waals surface area contributed by atoms with Crippen molar-refractivity contribution in [2.75, 3.05) is 0 Å². The molecular weight excluding hydrogens is 264 g/mol. The normalized spacial score (nSPS) is 11.5. The zero-order chi connectivity index (χ0) is 15.1. The minimum atomic E-state index is -0.148. The monoisotopic (exact) mass is 282 g/mol. The summed E-state index contributed by atoms with van der Waals surface area (Å²) in [5.74, 6) is 1.02. The lowest BCUT2D eigenvalue weighted by Gasteiger charge is -2.10. The minimum Gasteiger partial charge on any atom is -0.280 e. The first-order valence-electron chi connectivity index (χ1n) is 7.03.